The summed E-state index contributed by atoms with van der Waals surface area (Å²) in [5.41, 5.74) is 1.35. The summed E-state index contributed by atoms with van der Waals surface area (Å²) in [5.74, 6) is 0. The Bertz CT molecular complexity index is 337. The smallest absolute Gasteiger partial charge is 0.150 e. The fourth-order valence-electron chi connectivity index (χ4n) is 1.59. The van der Waals surface area contributed by atoms with Crippen molar-refractivity contribution < 1.29 is 14.3 Å². The second kappa shape index (κ2) is 3.52. The largest absolute Gasteiger partial charge is 0.375 e. The minimum Gasteiger partial charge on any atom is -0.375 e. The molecule has 0 amide bonds. The van der Waals surface area contributed by atoms with E-state index in [2.05, 4.69) is 0 Å². The summed E-state index contributed by atoms with van der Waals surface area (Å²) in [6, 6.07) is 7.44. The number of rotatable bonds is 3. The molecule has 3 nitrogen and oxygen atoms in total. The summed E-state index contributed by atoms with van der Waals surface area (Å²) < 4.78 is 10.6. The first kappa shape index (κ1) is 9.37. The predicted molar refractivity (Wildman–Crippen MR) is 51.3 cm³/mol. The van der Waals surface area contributed by atoms with Crippen molar-refractivity contribution in [3.8, 4) is 0 Å². The van der Waals surface area contributed by atoms with Crippen LogP contribution in [0.4, 0.5) is 0 Å². The molecule has 0 saturated carbocycles. The molecule has 1 aliphatic rings. The molecule has 0 aromatic heterocycles. The molecule has 0 aliphatic carbocycles. The zero-order chi connectivity index (χ0) is 10.0. The molecular weight excluding hydrogens is 180 g/mol. The standard InChI is InChI=1S/C11H12O3/c1-13-11(7-14-8-11)10-4-2-3-9(5-10)6-12/h2-6H,7-8H2,1H3. The van der Waals surface area contributed by atoms with Crippen LogP contribution >= 0.6 is 0 Å². The number of methoxy groups -OCH3 is 1. The van der Waals surface area contributed by atoms with Crippen LogP contribution in [0.2, 0.25) is 0 Å². The molecule has 1 aliphatic heterocycles. The van der Waals surface area contributed by atoms with E-state index in [0.29, 0.717) is 18.8 Å². The molecule has 0 bridgehead atoms. The van der Waals surface area contributed by atoms with Gasteiger partial charge in [0.2, 0.25) is 0 Å². The summed E-state index contributed by atoms with van der Waals surface area (Å²) in [5, 5.41) is 0. The third-order valence-electron chi connectivity index (χ3n) is 2.61. The molecule has 1 heterocycles. The fraction of sp³-hybridized carbons (Fsp3) is 0.364. The zero-order valence-corrected chi connectivity index (χ0v) is 8.03. The van der Waals surface area contributed by atoms with Crippen LogP contribution in [0.25, 0.3) is 0 Å². The minimum absolute atomic E-state index is 0.334. The highest BCUT2D eigenvalue weighted by Gasteiger charge is 2.40. The lowest BCUT2D eigenvalue weighted by Gasteiger charge is -2.40. The molecular formula is C11H12O3. The maximum Gasteiger partial charge on any atom is 0.150 e. The zero-order valence-electron chi connectivity index (χ0n) is 8.03. The van der Waals surface area contributed by atoms with Gasteiger partial charge >= 0.3 is 0 Å². The Hall–Kier alpha value is -1.19. The number of hydrogen-bond acceptors (Lipinski definition) is 3. The van der Waals surface area contributed by atoms with Crippen molar-refractivity contribution in [3.05, 3.63) is 35.4 Å². The summed E-state index contributed by atoms with van der Waals surface area (Å²) in [4.78, 5) is 10.6. The highest BCUT2D eigenvalue weighted by molar-refractivity contribution is 5.75. The van der Waals surface area contributed by atoms with Crippen LogP contribution < -0.4 is 0 Å². The van der Waals surface area contributed by atoms with Gasteiger partial charge < -0.3 is 9.47 Å². The lowest BCUT2D eigenvalue weighted by atomic mass is 9.91. The van der Waals surface area contributed by atoms with Gasteiger partial charge in [-0.15, -0.1) is 0 Å². The summed E-state index contributed by atoms with van der Waals surface area (Å²) in [6.07, 6.45) is 0.840. The van der Waals surface area contributed by atoms with E-state index >= 15 is 0 Å². The third kappa shape index (κ3) is 1.35. The van der Waals surface area contributed by atoms with E-state index in [4.69, 9.17) is 9.47 Å². The second-order valence-electron chi connectivity index (χ2n) is 3.43. The van der Waals surface area contributed by atoms with Crippen LogP contribution in [0, 0.1) is 0 Å². The molecule has 0 radical (unpaired) electrons. The van der Waals surface area contributed by atoms with E-state index in [-0.39, 0.29) is 5.60 Å². The Morgan fingerprint density at radius 3 is 2.79 bits per heavy atom. The molecule has 1 fully saturated rings. The molecule has 0 atom stereocenters. The molecule has 14 heavy (non-hydrogen) atoms. The summed E-state index contributed by atoms with van der Waals surface area (Å²) in [6.45, 7) is 1.12. The molecule has 0 spiro atoms. The van der Waals surface area contributed by atoms with Gasteiger partial charge in [-0.25, -0.2) is 0 Å². The van der Waals surface area contributed by atoms with Crippen LogP contribution in [0.3, 0.4) is 0 Å². The number of hydrogen-bond donors (Lipinski definition) is 0. The van der Waals surface area contributed by atoms with Crippen LogP contribution in [0.1, 0.15) is 15.9 Å². The van der Waals surface area contributed by atoms with E-state index in [1.165, 1.54) is 0 Å². The van der Waals surface area contributed by atoms with Crippen molar-refractivity contribution in [3.63, 3.8) is 0 Å². The Labute approximate surface area is 82.6 Å². The van der Waals surface area contributed by atoms with E-state index in [1.54, 1.807) is 13.2 Å². The van der Waals surface area contributed by atoms with Crippen molar-refractivity contribution in [2.75, 3.05) is 20.3 Å². The molecule has 74 valence electrons. The van der Waals surface area contributed by atoms with Gasteiger partial charge in [-0.05, 0) is 11.6 Å². The van der Waals surface area contributed by atoms with Gasteiger partial charge in [-0.2, -0.15) is 0 Å². The normalized spacial score (nSPS) is 18.6. The SMILES string of the molecule is COC1(c2cccc(C=O)c2)COC1. The van der Waals surface area contributed by atoms with E-state index in [9.17, 15) is 4.79 Å². The van der Waals surface area contributed by atoms with Gasteiger partial charge in [0.25, 0.3) is 0 Å². The average molecular weight is 192 g/mol. The van der Waals surface area contributed by atoms with E-state index in [0.717, 1.165) is 11.8 Å². The highest BCUT2D eigenvalue weighted by Crippen LogP contribution is 2.33. The van der Waals surface area contributed by atoms with Gasteiger partial charge in [-0.1, -0.05) is 18.2 Å². The topological polar surface area (TPSA) is 35.5 Å². The molecule has 1 aromatic carbocycles. The van der Waals surface area contributed by atoms with Crippen LogP contribution in [0.15, 0.2) is 24.3 Å². The molecule has 1 aromatic rings. The molecule has 3 heteroatoms. The number of carbonyl (C=O) groups is 1. The quantitative estimate of drug-likeness (QED) is 0.678. The first-order valence-electron chi connectivity index (χ1n) is 4.49. The van der Waals surface area contributed by atoms with E-state index in [1.807, 2.05) is 18.2 Å². The van der Waals surface area contributed by atoms with Gasteiger partial charge in [0, 0.05) is 12.7 Å². The lowest BCUT2D eigenvalue weighted by Crippen LogP contribution is -2.48. The van der Waals surface area contributed by atoms with Crippen LogP contribution in [0.5, 0.6) is 0 Å². The maximum absolute atomic E-state index is 10.6. The van der Waals surface area contributed by atoms with Crippen molar-refractivity contribution in [2.24, 2.45) is 0 Å². The minimum atomic E-state index is -0.334. The first-order valence-corrected chi connectivity index (χ1v) is 4.49. The maximum atomic E-state index is 10.6. The van der Waals surface area contributed by atoms with Crippen molar-refractivity contribution in [1.82, 2.24) is 0 Å². The van der Waals surface area contributed by atoms with Crippen molar-refractivity contribution in [2.45, 2.75) is 5.60 Å². The number of benzene rings is 1. The number of carbonyl (C=O) groups excluding carboxylic acids is 1. The molecule has 0 N–H and O–H groups in total. The molecule has 2 rings (SSSR count). The first-order chi connectivity index (χ1) is 6.80. The van der Waals surface area contributed by atoms with Crippen molar-refractivity contribution in [1.29, 1.82) is 0 Å². The average Bonchev–Trinajstić information content (AvgIpc) is 2.18. The van der Waals surface area contributed by atoms with Gasteiger partial charge in [0.05, 0.1) is 13.2 Å². The van der Waals surface area contributed by atoms with Crippen LogP contribution in [-0.4, -0.2) is 26.6 Å². The van der Waals surface area contributed by atoms with Crippen LogP contribution in [-0.2, 0) is 15.1 Å². The van der Waals surface area contributed by atoms with Gasteiger partial charge in [0.15, 0.2) is 0 Å². The summed E-state index contributed by atoms with van der Waals surface area (Å²) >= 11 is 0. The fourth-order valence-corrected chi connectivity index (χ4v) is 1.59. The predicted octanol–water partition coefficient (Wildman–Crippen LogP) is 1.37. The third-order valence-corrected chi connectivity index (χ3v) is 2.61. The van der Waals surface area contributed by atoms with Gasteiger partial charge in [0.1, 0.15) is 11.9 Å². The highest BCUT2D eigenvalue weighted by atomic mass is 16.6. The Morgan fingerprint density at radius 1 is 1.50 bits per heavy atom. The lowest BCUT2D eigenvalue weighted by molar-refractivity contribution is -0.202. The Kier molecular flexibility index (Phi) is 2.35. The van der Waals surface area contributed by atoms with Gasteiger partial charge in [-0.3, -0.25) is 4.79 Å². The van der Waals surface area contributed by atoms with Crippen molar-refractivity contribution >= 4 is 6.29 Å². The number of ether oxygens (including phenoxy) is 2. The van der Waals surface area contributed by atoms with E-state index < -0.39 is 0 Å². The second-order valence-corrected chi connectivity index (χ2v) is 3.43. The monoisotopic (exact) mass is 192 g/mol. The molecule has 1 saturated heterocycles. The number of aldehydes is 1. The summed E-state index contributed by atoms with van der Waals surface area (Å²) in [7, 11) is 1.66. The Balaban J connectivity index is 2.34. The molecule has 0 unspecified atom stereocenters. The Morgan fingerprint density at radius 2 is 2.29 bits per heavy atom.